The Morgan fingerprint density at radius 2 is 1.93 bits per heavy atom. The number of hydrogen-bond donors (Lipinski definition) is 0. The lowest BCUT2D eigenvalue weighted by Gasteiger charge is -2.22. The fourth-order valence-electron chi connectivity index (χ4n) is 2.67. The molecule has 0 aliphatic rings. The number of alkyl halides is 3. The molecule has 0 fully saturated rings. The third kappa shape index (κ3) is 6.11. The maximum absolute atomic E-state index is 12.9. The monoisotopic (exact) mass is 424 g/mol. The SMILES string of the molecule is Cc1nnc(SCC(=O)N(Cc2ccco2)CC(F)(F)F)n1Cc1ccccc1. The van der Waals surface area contributed by atoms with E-state index in [4.69, 9.17) is 4.42 Å². The molecule has 154 valence electrons. The number of aryl methyl sites for hydroxylation is 1. The highest BCUT2D eigenvalue weighted by molar-refractivity contribution is 7.99. The van der Waals surface area contributed by atoms with E-state index in [1.54, 1.807) is 13.0 Å². The van der Waals surface area contributed by atoms with Crippen LogP contribution in [0.15, 0.2) is 58.3 Å². The van der Waals surface area contributed by atoms with Crippen LogP contribution in [0.4, 0.5) is 13.2 Å². The minimum atomic E-state index is -4.50. The van der Waals surface area contributed by atoms with Gasteiger partial charge in [-0.15, -0.1) is 10.2 Å². The molecule has 3 aromatic rings. The third-order valence-corrected chi connectivity index (χ3v) is 5.01. The molecule has 2 aromatic heterocycles. The quantitative estimate of drug-likeness (QED) is 0.513. The van der Waals surface area contributed by atoms with Crippen molar-refractivity contribution in [2.24, 2.45) is 0 Å². The van der Waals surface area contributed by atoms with E-state index < -0.39 is 18.6 Å². The highest BCUT2D eigenvalue weighted by Crippen LogP contribution is 2.22. The number of thioether (sulfide) groups is 1. The first-order valence-corrected chi connectivity index (χ1v) is 9.74. The molecule has 10 heteroatoms. The fraction of sp³-hybridized carbons (Fsp3) is 0.316. The average molecular weight is 424 g/mol. The zero-order valence-corrected chi connectivity index (χ0v) is 16.4. The number of furan rings is 1. The number of hydrogen-bond acceptors (Lipinski definition) is 5. The number of amides is 1. The Morgan fingerprint density at radius 3 is 2.59 bits per heavy atom. The molecule has 2 heterocycles. The molecule has 0 spiro atoms. The smallest absolute Gasteiger partial charge is 0.406 e. The maximum atomic E-state index is 12.9. The van der Waals surface area contributed by atoms with Crippen LogP contribution in [-0.2, 0) is 17.9 Å². The van der Waals surface area contributed by atoms with Gasteiger partial charge in [-0.1, -0.05) is 42.1 Å². The number of aromatic nitrogens is 3. The Hall–Kier alpha value is -2.75. The highest BCUT2D eigenvalue weighted by Gasteiger charge is 2.33. The highest BCUT2D eigenvalue weighted by atomic mass is 32.2. The largest absolute Gasteiger partial charge is 0.467 e. The van der Waals surface area contributed by atoms with Gasteiger partial charge in [0.05, 0.1) is 25.1 Å². The van der Waals surface area contributed by atoms with Gasteiger partial charge in [0.15, 0.2) is 5.16 Å². The second-order valence-corrected chi connectivity index (χ2v) is 7.28. The van der Waals surface area contributed by atoms with Crippen LogP contribution in [-0.4, -0.2) is 44.0 Å². The van der Waals surface area contributed by atoms with Gasteiger partial charge in [-0.05, 0) is 24.6 Å². The van der Waals surface area contributed by atoms with Crippen LogP contribution in [0, 0.1) is 6.92 Å². The van der Waals surface area contributed by atoms with Crippen LogP contribution in [0.2, 0.25) is 0 Å². The van der Waals surface area contributed by atoms with E-state index in [2.05, 4.69) is 10.2 Å². The standard InChI is InChI=1S/C19H19F3N4O2S/c1-14-23-24-18(26(14)10-15-6-3-2-4-7-15)29-12-17(27)25(13-19(20,21)22)11-16-8-5-9-28-16/h2-9H,10-13H2,1H3. The summed E-state index contributed by atoms with van der Waals surface area (Å²) in [4.78, 5) is 13.2. The van der Waals surface area contributed by atoms with Gasteiger partial charge in [-0.3, -0.25) is 4.79 Å². The summed E-state index contributed by atoms with van der Waals surface area (Å²) in [5.41, 5.74) is 1.03. The third-order valence-electron chi connectivity index (χ3n) is 4.06. The molecule has 3 rings (SSSR count). The van der Waals surface area contributed by atoms with Crippen molar-refractivity contribution in [2.75, 3.05) is 12.3 Å². The van der Waals surface area contributed by atoms with Crippen molar-refractivity contribution in [3.63, 3.8) is 0 Å². The van der Waals surface area contributed by atoms with Crippen molar-refractivity contribution in [1.82, 2.24) is 19.7 Å². The molecule has 0 bridgehead atoms. The summed E-state index contributed by atoms with van der Waals surface area (Å²) in [5.74, 6) is 0.0989. The van der Waals surface area contributed by atoms with Gasteiger partial charge in [-0.25, -0.2) is 0 Å². The Labute approximate surface area is 169 Å². The van der Waals surface area contributed by atoms with E-state index in [1.165, 1.54) is 12.3 Å². The summed E-state index contributed by atoms with van der Waals surface area (Å²) in [6.07, 6.45) is -3.15. The molecule has 1 amide bonds. The number of benzene rings is 1. The normalized spacial score (nSPS) is 11.6. The van der Waals surface area contributed by atoms with Crippen LogP contribution < -0.4 is 0 Å². The lowest BCUT2D eigenvalue weighted by Crippen LogP contribution is -2.39. The van der Waals surface area contributed by atoms with Gasteiger partial charge in [-0.2, -0.15) is 13.2 Å². The molecule has 0 N–H and O–H groups in total. The van der Waals surface area contributed by atoms with E-state index in [1.807, 2.05) is 34.9 Å². The Bertz CT molecular complexity index is 927. The van der Waals surface area contributed by atoms with E-state index in [-0.39, 0.29) is 18.1 Å². The average Bonchev–Trinajstić information content (AvgIpc) is 3.30. The molecular weight excluding hydrogens is 405 g/mol. The van der Waals surface area contributed by atoms with Crippen molar-refractivity contribution in [3.8, 4) is 0 Å². The molecule has 0 aliphatic carbocycles. The molecule has 29 heavy (non-hydrogen) atoms. The van der Waals surface area contributed by atoms with E-state index >= 15 is 0 Å². The van der Waals surface area contributed by atoms with E-state index in [0.29, 0.717) is 17.5 Å². The van der Waals surface area contributed by atoms with Gasteiger partial charge < -0.3 is 13.9 Å². The number of carbonyl (C=O) groups is 1. The van der Waals surface area contributed by atoms with E-state index in [9.17, 15) is 18.0 Å². The molecule has 0 saturated carbocycles. The predicted octanol–water partition coefficient (Wildman–Crippen LogP) is 3.91. The van der Waals surface area contributed by atoms with Gasteiger partial charge in [0.2, 0.25) is 5.91 Å². The van der Waals surface area contributed by atoms with Gasteiger partial charge in [0, 0.05) is 0 Å². The zero-order valence-electron chi connectivity index (χ0n) is 15.6. The second kappa shape index (κ2) is 9.17. The van der Waals surface area contributed by atoms with Gasteiger partial charge in [0.25, 0.3) is 0 Å². The van der Waals surface area contributed by atoms with Crippen LogP contribution in [0.25, 0.3) is 0 Å². The fourth-order valence-corrected chi connectivity index (χ4v) is 3.56. The summed E-state index contributed by atoms with van der Waals surface area (Å²) in [5, 5.41) is 8.56. The first-order chi connectivity index (χ1) is 13.8. The molecule has 1 aromatic carbocycles. The second-order valence-electron chi connectivity index (χ2n) is 6.33. The van der Waals surface area contributed by atoms with Crippen molar-refractivity contribution < 1.29 is 22.4 Å². The summed E-state index contributed by atoms with van der Waals surface area (Å²) < 4.78 is 45.6. The van der Waals surface area contributed by atoms with Crippen molar-refractivity contribution >= 4 is 17.7 Å². The number of nitrogens with zero attached hydrogens (tertiary/aromatic N) is 4. The van der Waals surface area contributed by atoms with Crippen molar-refractivity contribution in [1.29, 1.82) is 0 Å². The van der Waals surface area contributed by atoms with Crippen molar-refractivity contribution in [2.45, 2.75) is 31.3 Å². The van der Waals surface area contributed by atoms with Crippen LogP contribution in [0.1, 0.15) is 17.1 Å². The van der Waals surface area contributed by atoms with Gasteiger partial charge in [0.1, 0.15) is 18.1 Å². The lowest BCUT2D eigenvalue weighted by atomic mass is 10.2. The summed E-state index contributed by atoms with van der Waals surface area (Å²) in [7, 11) is 0. The van der Waals surface area contributed by atoms with Crippen LogP contribution >= 0.6 is 11.8 Å². The topological polar surface area (TPSA) is 64.2 Å². The molecule has 0 unspecified atom stereocenters. The van der Waals surface area contributed by atoms with Crippen LogP contribution in [0.3, 0.4) is 0 Å². The summed E-state index contributed by atoms with van der Waals surface area (Å²) in [6, 6.07) is 12.7. The summed E-state index contributed by atoms with van der Waals surface area (Å²) in [6.45, 7) is 0.702. The Balaban J connectivity index is 1.68. The van der Waals surface area contributed by atoms with E-state index in [0.717, 1.165) is 22.2 Å². The Morgan fingerprint density at radius 1 is 1.17 bits per heavy atom. The Kier molecular flexibility index (Phi) is 6.63. The maximum Gasteiger partial charge on any atom is 0.406 e. The predicted molar refractivity (Wildman–Crippen MR) is 101 cm³/mol. The molecular formula is C19H19F3N4O2S. The number of rotatable bonds is 8. The first-order valence-electron chi connectivity index (χ1n) is 8.75. The molecule has 0 aliphatic heterocycles. The molecule has 6 nitrogen and oxygen atoms in total. The molecule has 0 atom stereocenters. The summed E-state index contributed by atoms with van der Waals surface area (Å²) >= 11 is 1.06. The number of carbonyl (C=O) groups excluding carboxylic acids is 1. The molecule has 0 radical (unpaired) electrons. The lowest BCUT2D eigenvalue weighted by molar-refractivity contribution is -0.161. The first kappa shape index (κ1) is 21.0. The minimum Gasteiger partial charge on any atom is -0.467 e. The van der Waals surface area contributed by atoms with Crippen LogP contribution in [0.5, 0.6) is 0 Å². The zero-order chi connectivity index (χ0) is 20.9. The minimum absolute atomic E-state index is 0.191. The number of halogens is 3. The molecule has 0 saturated heterocycles. The van der Waals surface area contributed by atoms with Crippen molar-refractivity contribution in [3.05, 3.63) is 65.9 Å². The van der Waals surface area contributed by atoms with Gasteiger partial charge >= 0.3 is 6.18 Å².